The normalized spacial score (nSPS) is 10.9. The van der Waals surface area contributed by atoms with Crippen LogP contribution in [0.2, 0.25) is 0 Å². The molecule has 16 heavy (non-hydrogen) atoms. The highest BCUT2D eigenvalue weighted by atomic mass is 79.9. The van der Waals surface area contributed by atoms with E-state index in [1.54, 1.807) is 6.20 Å². The van der Waals surface area contributed by atoms with E-state index < -0.39 is 0 Å². The fourth-order valence-electron chi connectivity index (χ4n) is 1.33. The van der Waals surface area contributed by atoms with Crippen LogP contribution in [0.4, 0.5) is 0 Å². The van der Waals surface area contributed by atoms with Crippen molar-refractivity contribution in [3.63, 3.8) is 0 Å². The summed E-state index contributed by atoms with van der Waals surface area (Å²) < 4.78 is 7.11. The molecule has 0 amide bonds. The quantitative estimate of drug-likeness (QED) is 0.817. The van der Waals surface area contributed by atoms with Crippen molar-refractivity contribution in [3.8, 4) is 0 Å². The van der Waals surface area contributed by atoms with E-state index in [0.29, 0.717) is 6.54 Å². The third kappa shape index (κ3) is 3.20. The Morgan fingerprint density at radius 3 is 2.94 bits per heavy atom. The van der Waals surface area contributed by atoms with Gasteiger partial charge in [0, 0.05) is 25.4 Å². The minimum absolute atomic E-state index is 0.713. The molecule has 2 aromatic rings. The van der Waals surface area contributed by atoms with Crippen molar-refractivity contribution in [1.82, 2.24) is 15.3 Å². The summed E-state index contributed by atoms with van der Waals surface area (Å²) in [4.78, 5) is 7.20. The van der Waals surface area contributed by atoms with Gasteiger partial charge in [0.05, 0.1) is 11.0 Å². The molecule has 0 unspecified atom stereocenters. The molecule has 86 valence electrons. The molecule has 0 bridgehead atoms. The van der Waals surface area contributed by atoms with Crippen molar-refractivity contribution in [3.05, 3.63) is 39.2 Å². The molecule has 2 rings (SSSR count). The Morgan fingerprint density at radius 1 is 1.44 bits per heavy atom. The van der Waals surface area contributed by atoms with Crippen molar-refractivity contribution >= 4 is 31.9 Å². The summed E-state index contributed by atoms with van der Waals surface area (Å²) in [6.07, 6.45) is 4.47. The van der Waals surface area contributed by atoms with Gasteiger partial charge in [0.1, 0.15) is 11.6 Å². The first kappa shape index (κ1) is 11.9. The minimum Gasteiger partial charge on any atom is -0.452 e. The topological polar surface area (TPSA) is 53.9 Å². The maximum absolute atomic E-state index is 5.44. The number of nitrogens with one attached hydrogen (secondary N) is 2. The van der Waals surface area contributed by atoms with Gasteiger partial charge in [-0.25, -0.2) is 4.98 Å². The lowest BCUT2D eigenvalue weighted by molar-refractivity contribution is 0.465. The molecule has 0 aliphatic rings. The average molecular weight is 349 g/mol. The van der Waals surface area contributed by atoms with Crippen molar-refractivity contribution in [2.45, 2.75) is 13.0 Å². The van der Waals surface area contributed by atoms with Gasteiger partial charge < -0.3 is 14.7 Å². The molecule has 6 heteroatoms. The number of aromatic nitrogens is 2. The molecule has 4 nitrogen and oxygen atoms in total. The van der Waals surface area contributed by atoms with Gasteiger partial charge in [0.25, 0.3) is 0 Å². The van der Waals surface area contributed by atoms with Gasteiger partial charge in [0.15, 0.2) is 4.67 Å². The van der Waals surface area contributed by atoms with E-state index >= 15 is 0 Å². The molecule has 0 saturated heterocycles. The molecule has 2 aromatic heterocycles. The Balaban J connectivity index is 1.72. The second-order valence-corrected chi connectivity index (χ2v) is 4.87. The van der Waals surface area contributed by atoms with E-state index in [-0.39, 0.29) is 0 Å². The maximum Gasteiger partial charge on any atom is 0.183 e. The molecule has 0 saturated carbocycles. The van der Waals surface area contributed by atoms with Crippen LogP contribution in [0.15, 0.2) is 32.0 Å². The summed E-state index contributed by atoms with van der Waals surface area (Å²) in [5.74, 6) is 1.90. The summed E-state index contributed by atoms with van der Waals surface area (Å²) in [5.41, 5.74) is 0. The summed E-state index contributed by atoms with van der Waals surface area (Å²) in [6.45, 7) is 1.58. The van der Waals surface area contributed by atoms with Gasteiger partial charge >= 0.3 is 0 Å². The number of aromatic amines is 1. The van der Waals surface area contributed by atoms with Crippen LogP contribution < -0.4 is 5.32 Å². The van der Waals surface area contributed by atoms with Crippen LogP contribution in [-0.2, 0) is 13.0 Å². The molecular formula is C10H11Br2N3O. The van der Waals surface area contributed by atoms with Crippen molar-refractivity contribution in [2.24, 2.45) is 0 Å². The molecule has 2 heterocycles. The molecule has 0 fully saturated rings. The van der Waals surface area contributed by atoms with Gasteiger partial charge in [-0.05, 0) is 37.9 Å². The standard InChI is InChI=1S/C10H11Br2N3O/c11-8-5-7(16-10(8)12)6-13-2-1-9-14-3-4-15-9/h3-5,13H,1-2,6H2,(H,14,15). The number of imidazole rings is 1. The van der Waals surface area contributed by atoms with Crippen LogP contribution in [0, 0.1) is 0 Å². The number of H-pyrrole nitrogens is 1. The van der Waals surface area contributed by atoms with Crippen LogP contribution in [-0.4, -0.2) is 16.5 Å². The van der Waals surface area contributed by atoms with E-state index in [4.69, 9.17) is 4.42 Å². The van der Waals surface area contributed by atoms with Crippen molar-refractivity contribution in [2.75, 3.05) is 6.54 Å². The SMILES string of the molecule is Brc1cc(CNCCc2ncc[nH]2)oc1Br. The Morgan fingerprint density at radius 2 is 2.31 bits per heavy atom. The largest absolute Gasteiger partial charge is 0.452 e. The predicted octanol–water partition coefficient (Wildman–Crippen LogP) is 2.86. The van der Waals surface area contributed by atoms with E-state index in [0.717, 1.165) is 33.7 Å². The molecule has 0 aromatic carbocycles. The molecule has 0 spiro atoms. The minimum atomic E-state index is 0.713. The first-order valence-electron chi connectivity index (χ1n) is 4.88. The van der Waals surface area contributed by atoms with Crippen molar-refractivity contribution < 1.29 is 4.42 Å². The number of furan rings is 1. The van der Waals surface area contributed by atoms with Gasteiger partial charge in [0.2, 0.25) is 0 Å². The van der Waals surface area contributed by atoms with Crippen molar-refractivity contribution in [1.29, 1.82) is 0 Å². The zero-order valence-electron chi connectivity index (χ0n) is 8.46. The molecule has 0 aliphatic heterocycles. The third-order valence-electron chi connectivity index (χ3n) is 2.09. The van der Waals surface area contributed by atoms with E-state index in [2.05, 4.69) is 47.1 Å². The molecule has 2 N–H and O–H groups in total. The van der Waals surface area contributed by atoms with E-state index in [1.165, 1.54) is 0 Å². The zero-order valence-corrected chi connectivity index (χ0v) is 11.6. The maximum atomic E-state index is 5.44. The third-order valence-corrected chi connectivity index (χ3v) is 3.80. The number of rotatable bonds is 5. The summed E-state index contributed by atoms with van der Waals surface area (Å²) in [7, 11) is 0. The summed E-state index contributed by atoms with van der Waals surface area (Å²) >= 11 is 6.67. The fourth-order valence-corrected chi connectivity index (χ4v) is 1.99. The fraction of sp³-hybridized carbons (Fsp3) is 0.300. The zero-order chi connectivity index (χ0) is 11.4. The van der Waals surface area contributed by atoms with Crippen LogP contribution >= 0.6 is 31.9 Å². The number of hydrogen-bond acceptors (Lipinski definition) is 3. The van der Waals surface area contributed by atoms with Crippen LogP contribution in [0.25, 0.3) is 0 Å². The monoisotopic (exact) mass is 347 g/mol. The van der Waals surface area contributed by atoms with Crippen LogP contribution in [0.1, 0.15) is 11.6 Å². The van der Waals surface area contributed by atoms with Gasteiger partial charge in [-0.3, -0.25) is 0 Å². The second-order valence-electron chi connectivity index (χ2n) is 3.30. The van der Waals surface area contributed by atoms with E-state index in [9.17, 15) is 0 Å². The molecule has 0 aliphatic carbocycles. The van der Waals surface area contributed by atoms with Gasteiger partial charge in [-0.2, -0.15) is 0 Å². The highest BCUT2D eigenvalue weighted by Gasteiger charge is 2.05. The molecule has 0 radical (unpaired) electrons. The summed E-state index contributed by atoms with van der Waals surface area (Å²) in [5, 5.41) is 3.29. The highest BCUT2D eigenvalue weighted by Crippen LogP contribution is 2.26. The average Bonchev–Trinajstić information content (AvgIpc) is 2.85. The van der Waals surface area contributed by atoms with Gasteiger partial charge in [-0.15, -0.1) is 0 Å². The molecule has 0 atom stereocenters. The Kier molecular flexibility index (Phi) is 4.20. The first-order chi connectivity index (χ1) is 7.75. The van der Waals surface area contributed by atoms with E-state index in [1.807, 2.05) is 12.3 Å². The number of halogens is 2. The van der Waals surface area contributed by atoms with Crippen LogP contribution in [0.3, 0.4) is 0 Å². The Bertz CT molecular complexity index is 419. The predicted molar refractivity (Wildman–Crippen MR) is 68.1 cm³/mol. The van der Waals surface area contributed by atoms with Gasteiger partial charge in [-0.1, -0.05) is 0 Å². The smallest absolute Gasteiger partial charge is 0.183 e. The second kappa shape index (κ2) is 5.65. The Labute approximate surface area is 110 Å². The number of hydrogen-bond donors (Lipinski definition) is 2. The summed E-state index contributed by atoms with van der Waals surface area (Å²) in [6, 6.07) is 1.95. The first-order valence-corrected chi connectivity index (χ1v) is 6.47. The Hall–Kier alpha value is -0.590. The lowest BCUT2D eigenvalue weighted by atomic mass is 10.4. The highest BCUT2D eigenvalue weighted by molar-refractivity contribution is 9.13. The lowest BCUT2D eigenvalue weighted by Crippen LogP contribution is -2.16. The lowest BCUT2D eigenvalue weighted by Gasteiger charge is -2.00. The van der Waals surface area contributed by atoms with Crippen LogP contribution in [0.5, 0.6) is 0 Å². The number of nitrogens with zero attached hydrogens (tertiary/aromatic N) is 1. The molecular weight excluding hydrogens is 338 g/mol.